The van der Waals surface area contributed by atoms with Gasteiger partial charge in [-0.15, -0.1) is 0 Å². The summed E-state index contributed by atoms with van der Waals surface area (Å²) in [5.74, 6) is 1.65. The zero-order valence-electron chi connectivity index (χ0n) is 15.4. The van der Waals surface area contributed by atoms with Gasteiger partial charge in [-0.3, -0.25) is 4.90 Å². The molecule has 0 aliphatic heterocycles. The van der Waals surface area contributed by atoms with Crippen molar-refractivity contribution in [3.63, 3.8) is 0 Å². The lowest BCUT2D eigenvalue weighted by molar-refractivity contribution is 0.142. The van der Waals surface area contributed by atoms with E-state index in [0.29, 0.717) is 6.04 Å². The van der Waals surface area contributed by atoms with Crippen molar-refractivity contribution in [3.8, 4) is 0 Å². The minimum absolute atomic E-state index is 0.667. The fourth-order valence-corrected chi connectivity index (χ4v) is 2.71. The summed E-state index contributed by atoms with van der Waals surface area (Å²) >= 11 is 0. The third-order valence-corrected chi connectivity index (χ3v) is 4.34. The fourth-order valence-electron chi connectivity index (χ4n) is 2.71. The molecule has 122 valence electrons. The highest BCUT2D eigenvalue weighted by molar-refractivity contribution is 4.73. The van der Waals surface area contributed by atoms with Gasteiger partial charge >= 0.3 is 0 Å². The predicted molar refractivity (Wildman–Crippen MR) is 92.3 cm³/mol. The molecule has 0 saturated heterocycles. The van der Waals surface area contributed by atoms with Crippen molar-refractivity contribution in [3.05, 3.63) is 0 Å². The molecule has 0 radical (unpaired) electrons. The van der Waals surface area contributed by atoms with Crippen molar-refractivity contribution in [1.82, 2.24) is 9.80 Å². The minimum atomic E-state index is 0.667. The first-order valence-corrected chi connectivity index (χ1v) is 8.64. The molecule has 0 bridgehead atoms. The Balaban J connectivity index is 4.08. The molecule has 0 spiro atoms. The molecular weight excluding hydrogens is 244 g/mol. The second kappa shape index (κ2) is 10.6. The Labute approximate surface area is 128 Å². The molecule has 2 unspecified atom stereocenters. The van der Waals surface area contributed by atoms with E-state index in [9.17, 15) is 0 Å². The molecule has 2 atom stereocenters. The van der Waals surface area contributed by atoms with Crippen LogP contribution >= 0.6 is 0 Å². The van der Waals surface area contributed by atoms with Crippen LogP contribution in [0.3, 0.4) is 0 Å². The third kappa shape index (κ3) is 9.77. The number of rotatable bonds is 11. The largest absolute Gasteiger partial charge is 0.309 e. The quantitative estimate of drug-likeness (QED) is 0.551. The maximum atomic E-state index is 2.69. The summed E-state index contributed by atoms with van der Waals surface area (Å²) in [6.45, 7) is 16.6. The summed E-state index contributed by atoms with van der Waals surface area (Å²) in [6.07, 6.45) is 5.34. The molecule has 2 heteroatoms. The topological polar surface area (TPSA) is 6.48 Å². The molecule has 20 heavy (non-hydrogen) atoms. The van der Waals surface area contributed by atoms with E-state index in [1.165, 1.54) is 38.8 Å². The zero-order chi connectivity index (χ0) is 15.7. The van der Waals surface area contributed by atoms with Crippen LogP contribution in [0, 0.1) is 11.8 Å². The number of hydrogen-bond donors (Lipinski definition) is 0. The van der Waals surface area contributed by atoms with Crippen LogP contribution in [0.5, 0.6) is 0 Å². The lowest BCUT2D eigenvalue weighted by Crippen LogP contribution is -2.40. The van der Waals surface area contributed by atoms with Gasteiger partial charge < -0.3 is 4.90 Å². The van der Waals surface area contributed by atoms with Crippen LogP contribution in [0.25, 0.3) is 0 Å². The average molecular weight is 285 g/mol. The summed E-state index contributed by atoms with van der Waals surface area (Å²) in [7, 11) is 4.34. The SMILES string of the molecule is CC(C)CCN(C(C)C)C(C)CCC(C)CCN(C)C. The van der Waals surface area contributed by atoms with Crippen molar-refractivity contribution in [2.45, 2.75) is 79.3 Å². The molecule has 0 saturated carbocycles. The standard InChI is InChI=1S/C18H40N2/c1-15(2)11-14-20(16(3)4)18(6)10-9-17(5)12-13-19(7)8/h15-18H,9-14H2,1-8H3. The first-order valence-electron chi connectivity index (χ1n) is 8.64. The lowest BCUT2D eigenvalue weighted by atomic mass is 9.97. The fraction of sp³-hybridized carbons (Fsp3) is 1.00. The van der Waals surface area contributed by atoms with E-state index >= 15 is 0 Å². The van der Waals surface area contributed by atoms with Crippen molar-refractivity contribution in [2.24, 2.45) is 11.8 Å². The molecule has 0 aromatic heterocycles. The van der Waals surface area contributed by atoms with Crippen LogP contribution in [0.4, 0.5) is 0 Å². The van der Waals surface area contributed by atoms with Crippen molar-refractivity contribution in [1.29, 1.82) is 0 Å². The molecule has 2 nitrogen and oxygen atoms in total. The van der Waals surface area contributed by atoms with Gasteiger partial charge in [0, 0.05) is 12.1 Å². The summed E-state index contributed by atoms with van der Waals surface area (Å²) in [5, 5.41) is 0. The van der Waals surface area contributed by atoms with Crippen LogP contribution in [-0.2, 0) is 0 Å². The normalized spacial score (nSPS) is 15.6. The highest BCUT2D eigenvalue weighted by Gasteiger charge is 2.18. The van der Waals surface area contributed by atoms with Gasteiger partial charge in [0.05, 0.1) is 0 Å². The minimum Gasteiger partial charge on any atom is -0.309 e. The number of hydrogen-bond acceptors (Lipinski definition) is 2. The second-order valence-corrected chi connectivity index (χ2v) is 7.64. The van der Waals surface area contributed by atoms with E-state index in [0.717, 1.165) is 17.9 Å². The van der Waals surface area contributed by atoms with E-state index in [2.05, 4.69) is 65.4 Å². The van der Waals surface area contributed by atoms with Crippen LogP contribution in [0.2, 0.25) is 0 Å². The monoisotopic (exact) mass is 284 g/mol. The predicted octanol–water partition coefficient (Wildman–Crippen LogP) is 4.50. The second-order valence-electron chi connectivity index (χ2n) is 7.64. The van der Waals surface area contributed by atoms with Gasteiger partial charge in [-0.2, -0.15) is 0 Å². The first kappa shape index (κ1) is 19.9. The summed E-state index contributed by atoms with van der Waals surface area (Å²) < 4.78 is 0. The zero-order valence-corrected chi connectivity index (χ0v) is 15.4. The van der Waals surface area contributed by atoms with Crippen LogP contribution in [0.1, 0.15) is 67.2 Å². The summed E-state index contributed by atoms with van der Waals surface area (Å²) in [5.41, 5.74) is 0. The molecule has 0 amide bonds. The Morgan fingerprint density at radius 2 is 1.30 bits per heavy atom. The molecule has 0 rings (SSSR count). The Kier molecular flexibility index (Phi) is 10.6. The van der Waals surface area contributed by atoms with Gasteiger partial charge in [0.2, 0.25) is 0 Å². The summed E-state index contributed by atoms with van der Waals surface area (Å²) in [6, 6.07) is 1.39. The van der Waals surface area contributed by atoms with Gasteiger partial charge in [0.15, 0.2) is 0 Å². The maximum Gasteiger partial charge on any atom is 0.00697 e. The van der Waals surface area contributed by atoms with Gasteiger partial charge in [-0.25, -0.2) is 0 Å². The Morgan fingerprint density at radius 3 is 1.75 bits per heavy atom. The van der Waals surface area contributed by atoms with Crippen LogP contribution in [0.15, 0.2) is 0 Å². The Hall–Kier alpha value is -0.0800. The first-order chi connectivity index (χ1) is 9.23. The molecule has 0 aliphatic rings. The number of nitrogens with zero attached hydrogens (tertiary/aromatic N) is 2. The van der Waals surface area contributed by atoms with Crippen LogP contribution < -0.4 is 0 Å². The highest BCUT2D eigenvalue weighted by Crippen LogP contribution is 2.18. The van der Waals surface area contributed by atoms with Gasteiger partial charge in [0.25, 0.3) is 0 Å². The van der Waals surface area contributed by atoms with Crippen molar-refractivity contribution >= 4 is 0 Å². The lowest BCUT2D eigenvalue weighted by Gasteiger charge is -2.34. The third-order valence-electron chi connectivity index (χ3n) is 4.34. The smallest absolute Gasteiger partial charge is 0.00697 e. The Bertz CT molecular complexity index is 223. The Morgan fingerprint density at radius 1 is 0.700 bits per heavy atom. The molecule has 0 aliphatic carbocycles. The van der Waals surface area contributed by atoms with E-state index < -0.39 is 0 Å². The molecule has 0 aromatic rings. The van der Waals surface area contributed by atoms with Crippen molar-refractivity contribution < 1.29 is 0 Å². The highest BCUT2D eigenvalue weighted by atomic mass is 15.2. The molecule has 0 aromatic carbocycles. The van der Waals surface area contributed by atoms with E-state index in [1.807, 2.05) is 0 Å². The molecule has 0 heterocycles. The van der Waals surface area contributed by atoms with Gasteiger partial charge in [-0.05, 0) is 85.5 Å². The van der Waals surface area contributed by atoms with Crippen LogP contribution in [-0.4, -0.2) is 49.1 Å². The average Bonchev–Trinajstić information content (AvgIpc) is 2.33. The molecule has 0 fully saturated rings. The van der Waals surface area contributed by atoms with Gasteiger partial charge in [-0.1, -0.05) is 20.8 Å². The maximum absolute atomic E-state index is 2.69. The van der Waals surface area contributed by atoms with E-state index in [1.54, 1.807) is 0 Å². The molecule has 0 N–H and O–H groups in total. The summed E-state index contributed by atoms with van der Waals surface area (Å²) in [4.78, 5) is 4.99. The van der Waals surface area contributed by atoms with Crippen molar-refractivity contribution in [2.75, 3.05) is 27.2 Å². The van der Waals surface area contributed by atoms with Gasteiger partial charge in [0.1, 0.15) is 0 Å². The molecular formula is C18H40N2. The van der Waals surface area contributed by atoms with E-state index in [4.69, 9.17) is 0 Å². The van der Waals surface area contributed by atoms with E-state index in [-0.39, 0.29) is 0 Å².